The Bertz CT molecular complexity index is 521. The van der Waals surface area contributed by atoms with Crippen molar-refractivity contribution in [1.82, 2.24) is 16.0 Å². The van der Waals surface area contributed by atoms with Gasteiger partial charge in [-0.3, -0.25) is 9.79 Å². The summed E-state index contributed by atoms with van der Waals surface area (Å²) in [6.07, 6.45) is 3.00. The zero-order valence-electron chi connectivity index (χ0n) is 14.8. The number of carbonyl (C=O) groups is 1. The van der Waals surface area contributed by atoms with Gasteiger partial charge in [0, 0.05) is 31.3 Å². The molecule has 1 aliphatic rings. The molecule has 1 aromatic carbocycles. The van der Waals surface area contributed by atoms with Crippen molar-refractivity contribution < 1.29 is 4.79 Å². The smallest absolute Gasteiger partial charge is 0.222 e. The average Bonchev–Trinajstić information content (AvgIpc) is 3.12. The Morgan fingerprint density at radius 1 is 1.24 bits per heavy atom. The Hall–Kier alpha value is -0.960. The van der Waals surface area contributed by atoms with Gasteiger partial charge in [-0.25, -0.2) is 0 Å². The monoisotopic (exact) mass is 476 g/mol. The van der Waals surface area contributed by atoms with Crippen molar-refractivity contribution in [2.24, 2.45) is 4.99 Å². The van der Waals surface area contributed by atoms with Crippen LogP contribution in [0.2, 0.25) is 0 Å². The highest BCUT2D eigenvalue weighted by Crippen LogP contribution is 2.25. The molecule has 5 nitrogen and oxygen atoms in total. The van der Waals surface area contributed by atoms with Crippen LogP contribution in [0.3, 0.4) is 0 Å². The second-order valence-corrected chi connectivity index (χ2v) is 7.20. The van der Waals surface area contributed by atoms with E-state index in [9.17, 15) is 4.79 Å². The molecule has 25 heavy (non-hydrogen) atoms. The minimum Gasteiger partial charge on any atom is -0.357 e. The van der Waals surface area contributed by atoms with Crippen molar-refractivity contribution in [3.05, 3.63) is 35.9 Å². The van der Waals surface area contributed by atoms with Crippen LogP contribution in [0.5, 0.6) is 0 Å². The van der Waals surface area contributed by atoms with Gasteiger partial charge in [0.1, 0.15) is 0 Å². The maximum atomic E-state index is 11.9. The molecule has 0 aromatic heterocycles. The predicted molar refractivity (Wildman–Crippen MR) is 118 cm³/mol. The van der Waals surface area contributed by atoms with E-state index in [2.05, 4.69) is 20.9 Å². The van der Waals surface area contributed by atoms with Crippen LogP contribution in [-0.2, 0) is 11.3 Å². The molecule has 0 saturated carbocycles. The van der Waals surface area contributed by atoms with Crippen molar-refractivity contribution in [3.63, 3.8) is 0 Å². The van der Waals surface area contributed by atoms with E-state index in [1.165, 1.54) is 18.6 Å². The van der Waals surface area contributed by atoms with Gasteiger partial charge < -0.3 is 16.0 Å². The summed E-state index contributed by atoms with van der Waals surface area (Å²) >= 11 is 2.01. The highest BCUT2D eigenvalue weighted by Gasteiger charge is 2.15. The summed E-state index contributed by atoms with van der Waals surface area (Å²) in [6, 6.07) is 9.95. The van der Waals surface area contributed by atoms with Crippen LogP contribution in [-0.4, -0.2) is 42.5 Å². The number of benzene rings is 1. The van der Waals surface area contributed by atoms with E-state index < -0.39 is 0 Å². The largest absolute Gasteiger partial charge is 0.357 e. The number of amides is 1. The molecule has 0 aliphatic carbocycles. The maximum Gasteiger partial charge on any atom is 0.222 e. The second kappa shape index (κ2) is 13.3. The average molecular weight is 476 g/mol. The minimum atomic E-state index is 0. The Balaban J connectivity index is 0.00000312. The van der Waals surface area contributed by atoms with Gasteiger partial charge >= 0.3 is 0 Å². The molecular weight excluding hydrogens is 447 g/mol. The fourth-order valence-electron chi connectivity index (χ4n) is 2.50. The molecule has 1 aliphatic heterocycles. The van der Waals surface area contributed by atoms with Gasteiger partial charge in [-0.15, -0.1) is 24.0 Å². The van der Waals surface area contributed by atoms with Gasteiger partial charge in [-0.05, 0) is 31.1 Å². The third kappa shape index (κ3) is 9.34. The van der Waals surface area contributed by atoms with Gasteiger partial charge in [0.2, 0.25) is 5.91 Å². The molecule has 1 atom stereocenters. The van der Waals surface area contributed by atoms with Crippen LogP contribution < -0.4 is 16.0 Å². The van der Waals surface area contributed by atoms with E-state index in [0.29, 0.717) is 24.8 Å². The topological polar surface area (TPSA) is 65.5 Å². The molecule has 1 fully saturated rings. The number of thioether (sulfide) groups is 1. The summed E-state index contributed by atoms with van der Waals surface area (Å²) in [5.41, 5.74) is 1.11. The zero-order chi connectivity index (χ0) is 17.0. The van der Waals surface area contributed by atoms with Gasteiger partial charge in [-0.2, -0.15) is 11.8 Å². The lowest BCUT2D eigenvalue weighted by Gasteiger charge is -2.12. The van der Waals surface area contributed by atoms with Crippen LogP contribution in [0.25, 0.3) is 0 Å². The van der Waals surface area contributed by atoms with Crippen molar-refractivity contribution in [2.75, 3.05) is 25.4 Å². The first-order valence-electron chi connectivity index (χ1n) is 8.72. The van der Waals surface area contributed by atoms with Crippen LogP contribution in [0.15, 0.2) is 35.3 Å². The minimum absolute atomic E-state index is 0. The highest BCUT2D eigenvalue weighted by atomic mass is 127. The zero-order valence-corrected chi connectivity index (χ0v) is 17.9. The Morgan fingerprint density at radius 2 is 2.04 bits per heavy atom. The summed E-state index contributed by atoms with van der Waals surface area (Å²) in [4.78, 5) is 16.5. The van der Waals surface area contributed by atoms with Crippen molar-refractivity contribution >= 4 is 47.6 Å². The summed E-state index contributed by atoms with van der Waals surface area (Å²) in [6.45, 7) is 4.88. The summed E-state index contributed by atoms with van der Waals surface area (Å²) in [5.74, 6) is 2.11. The number of nitrogens with one attached hydrogen (secondary N) is 3. The number of rotatable bonds is 8. The van der Waals surface area contributed by atoms with Gasteiger partial charge in [0.05, 0.1) is 6.54 Å². The molecule has 1 saturated heterocycles. The molecule has 0 radical (unpaired) electrons. The standard InChI is InChI=1S/C18H28N4OS.HI/c1-2-19-18(22-14-16-9-6-12-24-16)20-11-10-17(23)21-13-15-7-4-3-5-8-15;/h3-5,7-8,16H,2,6,9-14H2,1H3,(H,21,23)(H2,19,20,22);1H. The summed E-state index contributed by atoms with van der Waals surface area (Å²) < 4.78 is 0. The quantitative estimate of drug-likeness (QED) is 0.307. The number of hydrogen-bond acceptors (Lipinski definition) is 3. The van der Waals surface area contributed by atoms with Crippen LogP contribution in [0.1, 0.15) is 31.7 Å². The number of aliphatic imine (C=N–C) groups is 1. The maximum absolute atomic E-state index is 11.9. The molecule has 0 bridgehead atoms. The van der Waals surface area contributed by atoms with E-state index >= 15 is 0 Å². The van der Waals surface area contributed by atoms with E-state index in [4.69, 9.17) is 0 Å². The Labute approximate surface area is 172 Å². The third-order valence-electron chi connectivity index (χ3n) is 3.80. The van der Waals surface area contributed by atoms with Crippen LogP contribution in [0, 0.1) is 0 Å². The normalized spacial score (nSPS) is 16.8. The number of hydrogen-bond donors (Lipinski definition) is 3. The van der Waals surface area contributed by atoms with Crippen molar-refractivity contribution in [3.8, 4) is 0 Å². The number of halogens is 1. The molecule has 1 unspecified atom stereocenters. The van der Waals surface area contributed by atoms with Crippen LogP contribution in [0.4, 0.5) is 0 Å². The van der Waals surface area contributed by atoms with Gasteiger partial charge in [0.25, 0.3) is 0 Å². The Morgan fingerprint density at radius 3 is 2.72 bits per heavy atom. The van der Waals surface area contributed by atoms with Crippen LogP contribution >= 0.6 is 35.7 Å². The summed E-state index contributed by atoms with van der Waals surface area (Å²) in [7, 11) is 0. The van der Waals surface area contributed by atoms with E-state index in [0.717, 1.165) is 24.6 Å². The van der Waals surface area contributed by atoms with Crippen molar-refractivity contribution in [1.29, 1.82) is 0 Å². The molecule has 140 valence electrons. The predicted octanol–water partition coefficient (Wildman–Crippen LogP) is 2.76. The first-order valence-corrected chi connectivity index (χ1v) is 9.77. The van der Waals surface area contributed by atoms with E-state index in [1.54, 1.807) is 0 Å². The lowest BCUT2D eigenvalue weighted by molar-refractivity contribution is -0.121. The number of carbonyl (C=O) groups excluding carboxylic acids is 1. The summed E-state index contributed by atoms with van der Waals surface area (Å²) in [5, 5.41) is 10.1. The van der Waals surface area contributed by atoms with E-state index in [1.807, 2.05) is 49.0 Å². The van der Waals surface area contributed by atoms with Crippen molar-refractivity contribution in [2.45, 2.75) is 38.0 Å². The lowest BCUT2D eigenvalue weighted by atomic mass is 10.2. The third-order valence-corrected chi connectivity index (χ3v) is 5.18. The Kier molecular flexibility index (Phi) is 11.7. The first kappa shape index (κ1) is 22.1. The molecule has 1 aromatic rings. The fraction of sp³-hybridized carbons (Fsp3) is 0.556. The van der Waals surface area contributed by atoms with Gasteiger partial charge in [0.15, 0.2) is 5.96 Å². The second-order valence-electron chi connectivity index (χ2n) is 5.79. The number of nitrogens with zero attached hydrogens (tertiary/aromatic N) is 1. The molecule has 3 N–H and O–H groups in total. The fourth-order valence-corrected chi connectivity index (χ4v) is 3.68. The molecular formula is C18H29IN4OS. The SMILES string of the molecule is CCNC(=NCC1CCCS1)NCCC(=O)NCc1ccccc1.I. The van der Waals surface area contributed by atoms with E-state index in [-0.39, 0.29) is 29.9 Å². The highest BCUT2D eigenvalue weighted by molar-refractivity contribution is 14.0. The molecule has 1 amide bonds. The molecule has 0 spiro atoms. The lowest BCUT2D eigenvalue weighted by Crippen LogP contribution is -2.39. The molecule has 7 heteroatoms. The molecule has 1 heterocycles. The first-order chi connectivity index (χ1) is 11.8. The van der Waals surface area contributed by atoms with Gasteiger partial charge in [-0.1, -0.05) is 30.3 Å². The molecule has 2 rings (SSSR count). The number of guanidine groups is 1.